The molecule has 4 aromatic carbocycles. The Morgan fingerprint density at radius 1 is 0.919 bits per heavy atom. The summed E-state index contributed by atoms with van der Waals surface area (Å²) in [5, 5.41) is 6.52. The molecule has 4 aromatic rings. The number of hydrazone groups is 1. The number of carbonyl (C=O) groups is 2. The highest BCUT2D eigenvalue weighted by Gasteiger charge is 2.17. The molecule has 0 fully saturated rings. The summed E-state index contributed by atoms with van der Waals surface area (Å²) in [4.78, 5) is 25.0. The van der Waals surface area contributed by atoms with E-state index in [2.05, 4.69) is 10.5 Å². The van der Waals surface area contributed by atoms with Gasteiger partial charge in [-0.3, -0.25) is 4.79 Å². The molecular weight excluding hydrogens is 515 g/mol. The van der Waals surface area contributed by atoms with Crippen LogP contribution in [0.15, 0.2) is 84.0 Å². The van der Waals surface area contributed by atoms with Crippen LogP contribution in [0.2, 0.25) is 10.0 Å². The second-order valence-electron chi connectivity index (χ2n) is 7.90. The van der Waals surface area contributed by atoms with E-state index in [1.165, 1.54) is 25.5 Å². The fourth-order valence-corrected chi connectivity index (χ4v) is 3.95. The summed E-state index contributed by atoms with van der Waals surface area (Å²) in [7, 11) is 1.44. The van der Waals surface area contributed by atoms with Gasteiger partial charge in [-0.15, -0.1) is 0 Å². The first-order valence-electron chi connectivity index (χ1n) is 11.2. The van der Waals surface area contributed by atoms with E-state index < -0.39 is 18.0 Å². The highest BCUT2D eigenvalue weighted by atomic mass is 35.5. The molecule has 188 valence electrons. The predicted molar refractivity (Wildman–Crippen MR) is 144 cm³/mol. The van der Waals surface area contributed by atoms with Gasteiger partial charge in [0.1, 0.15) is 5.75 Å². The van der Waals surface area contributed by atoms with Gasteiger partial charge in [-0.2, -0.15) is 5.10 Å². The fraction of sp³-hybridized carbons (Fsp3) is 0.107. The zero-order valence-corrected chi connectivity index (χ0v) is 21.4. The van der Waals surface area contributed by atoms with Gasteiger partial charge in [-0.05, 0) is 60.3 Å². The van der Waals surface area contributed by atoms with Gasteiger partial charge in [-0.25, -0.2) is 10.2 Å². The van der Waals surface area contributed by atoms with Crippen LogP contribution in [-0.4, -0.2) is 31.3 Å². The number of fused-ring (bicyclic) bond motifs is 1. The minimum absolute atomic E-state index is 0.168. The number of nitrogens with zero attached hydrogens (tertiary/aromatic N) is 1. The highest BCUT2D eigenvalue weighted by molar-refractivity contribution is 6.36. The maximum absolute atomic E-state index is 12.5. The number of amides is 1. The Balaban J connectivity index is 1.38. The lowest BCUT2D eigenvalue weighted by Gasteiger charge is -2.14. The molecule has 1 amide bonds. The molecule has 37 heavy (non-hydrogen) atoms. The third-order valence-corrected chi connectivity index (χ3v) is 5.90. The van der Waals surface area contributed by atoms with Crippen molar-refractivity contribution in [2.45, 2.75) is 13.0 Å². The summed E-state index contributed by atoms with van der Waals surface area (Å²) in [5.74, 6) is 0.0213. The second kappa shape index (κ2) is 11.8. The number of hydrogen-bond donors (Lipinski definition) is 1. The molecule has 0 radical (unpaired) electrons. The first-order chi connectivity index (χ1) is 17.9. The molecule has 0 aliphatic heterocycles. The van der Waals surface area contributed by atoms with Gasteiger partial charge in [-0.1, -0.05) is 59.6 Å². The largest absolute Gasteiger partial charge is 0.493 e. The standard InChI is InChI=1S/C28H22Cl2N2O5/c1-17(36-24-9-5-7-19-6-3-4-8-21(19)24)27(33)32-31-16-18-10-13-25(26(14-18)35-2)37-28(34)22-12-11-20(29)15-23(22)30/h3-17H,1-2H3,(H,32,33)/b31-16-/t17-/m1/s1. The summed E-state index contributed by atoms with van der Waals surface area (Å²) in [6, 6.07) is 22.7. The number of carbonyl (C=O) groups excluding carboxylic acids is 2. The molecule has 7 nitrogen and oxygen atoms in total. The quantitative estimate of drug-likeness (QED) is 0.124. The Hall–Kier alpha value is -4.07. The van der Waals surface area contributed by atoms with E-state index in [1.807, 2.05) is 42.5 Å². The number of ether oxygens (including phenoxy) is 3. The van der Waals surface area contributed by atoms with Crippen LogP contribution in [0.1, 0.15) is 22.8 Å². The molecule has 0 aliphatic carbocycles. The number of nitrogens with one attached hydrogen (secondary N) is 1. The highest BCUT2D eigenvalue weighted by Crippen LogP contribution is 2.30. The molecule has 0 aliphatic rings. The molecule has 0 saturated carbocycles. The van der Waals surface area contributed by atoms with Crippen LogP contribution in [0.5, 0.6) is 17.2 Å². The van der Waals surface area contributed by atoms with E-state index in [-0.39, 0.29) is 16.3 Å². The van der Waals surface area contributed by atoms with Crippen LogP contribution in [0.4, 0.5) is 0 Å². The summed E-state index contributed by atoms with van der Waals surface area (Å²) in [5.41, 5.74) is 3.24. The van der Waals surface area contributed by atoms with Gasteiger partial charge >= 0.3 is 5.97 Å². The Kier molecular flexibility index (Phi) is 8.28. The number of benzene rings is 4. The Morgan fingerprint density at radius 3 is 2.49 bits per heavy atom. The maximum Gasteiger partial charge on any atom is 0.345 e. The van der Waals surface area contributed by atoms with Gasteiger partial charge in [0.05, 0.1) is 23.9 Å². The normalized spacial score (nSPS) is 11.8. The molecule has 0 bridgehead atoms. The van der Waals surface area contributed by atoms with Crippen molar-refractivity contribution in [3.05, 3.63) is 100 Å². The van der Waals surface area contributed by atoms with Gasteiger partial charge in [0.15, 0.2) is 17.6 Å². The SMILES string of the molecule is COc1cc(/C=N\NC(=O)[C@@H](C)Oc2cccc3ccccc23)ccc1OC(=O)c1ccc(Cl)cc1Cl. The first-order valence-corrected chi connectivity index (χ1v) is 11.9. The van der Waals surface area contributed by atoms with Crippen LogP contribution in [0.25, 0.3) is 10.8 Å². The van der Waals surface area contributed by atoms with E-state index >= 15 is 0 Å². The van der Waals surface area contributed by atoms with Crippen molar-refractivity contribution < 1.29 is 23.8 Å². The van der Waals surface area contributed by atoms with Gasteiger partial charge in [0.2, 0.25) is 0 Å². The molecule has 0 aromatic heterocycles. The minimum atomic E-state index is -0.779. The lowest BCUT2D eigenvalue weighted by Crippen LogP contribution is -2.33. The molecule has 0 heterocycles. The van der Waals surface area contributed by atoms with Gasteiger partial charge in [0.25, 0.3) is 5.91 Å². The maximum atomic E-state index is 12.5. The van der Waals surface area contributed by atoms with E-state index in [0.29, 0.717) is 22.1 Å². The molecule has 4 rings (SSSR count). The number of rotatable bonds is 8. The Labute approximate surface area is 223 Å². The molecule has 1 N–H and O–H groups in total. The predicted octanol–water partition coefficient (Wildman–Crippen LogP) is 6.29. The number of esters is 1. The third kappa shape index (κ3) is 6.39. The Morgan fingerprint density at radius 2 is 1.70 bits per heavy atom. The molecule has 0 saturated heterocycles. The number of hydrogen-bond acceptors (Lipinski definition) is 6. The second-order valence-corrected chi connectivity index (χ2v) is 8.74. The molecule has 1 atom stereocenters. The minimum Gasteiger partial charge on any atom is -0.493 e. The Bertz CT molecular complexity index is 1480. The van der Waals surface area contributed by atoms with Crippen molar-refractivity contribution >= 4 is 52.1 Å². The summed E-state index contributed by atoms with van der Waals surface area (Å²) in [6.07, 6.45) is 0.658. The van der Waals surface area contributed by atoms with Crippen LogP contribution < -0.4 is 19.6 Å². The van der Waals surface area contributed by atoms with Crippen molar-refractivity contribution in [1.82, 2.24) is 5.43 Å². The van der Waals surface area contributed by atoms with Crippen molar-refractivity contribution in [1.29, 1.82) is 0 Å². The fourth-order valence-electron chi connectivity index (χ4n) is 3.46. The zero-order valence-electron chi connectivity index (χ0n) is 19.9. The number of halogens is 2. The van der Waals surface area contributed by atoms with Crippen LogP contribution in [-0.2, 0) is 4.79 Å². The number of methoxy groups -OCH3 is 1. The van der Waals surface area contributed by atoms with E-state index in [1.54, 1.807) is 31.2 Å². The summed E-state index contributed by atoms with van der Waals surface area (Å²) >= 11 is 12.0. The van der Waals surface area contributed by atoms with Crippen LogP contribution in [0, 0.1) is 0 Å². The average molecular weight is 537 g/mol. The first kappa shape index (κ1) is 26.0. The van der Waals surface area contributed by atoms with E-state index in [4.69, 9.17) is 37.4 Å². The van der Waals surface area contributed by atoms with Crippen LogP contribution >= 0.6 is 23.2 Å². The van der Waals surface area contributed by atoms with Crippen molar-refractivity contribution in [3.63, 3.8) is 0 Å². The molecule has 0 spiro atoms. The van der Waals surface area contributed by atoms with Crippen LogP contribution in [0.3, 0.4) is 0 Å². The van der Waals surface area contributed by atoms with Gasteiger partial charge < -0.3 is 14.2 Å². The molecule has 9 heteroatoms. The average Bonchev–Trinajstić information content (AvgIpc) is 2.89. The molecular formula is C28H22Cl2N2O5. The van der Waals surface area contributed by atoms with Crippen molar-refractivity contribution in [2.24, 2.45) is 5.10 Å². The van der Waals surface area contributed by atoms with Crippen molar-refractivity contribution in [2.75, 3.05) is 7.11 Å². The summed E-state index contributed by atoms with van der Waals surface area (Å²) < 4.78 is 16.6. The van der Waals surface area contributed by atoms with E-state index in [9.17, 15) is 9.59 Å². The molecule has 0 unspecified atom stereocenters. The topological polar surface area (TPSA) is 86.2 Å². The smallest absolute Gasteiger partial charge is 0.345 e. The third-order valence-electron chi connectivity index (χ3n) is 5.35. The monoisotopic (exact) mass is 536 g/mol. The van der Waals surface area contributed by atoms with Gasteiger partial charge in [0, 0.05) is 10.4 Å². The van der Waals surface area contributed by atoms with E-state index in [0.717, 1.165) is 10.8 Å². The van der Waals surface area contributed by atoms with Crippen molar-refractivity contribution in [3.8, 4) is 17.2 Å². The zero-order chi connectivity index (χ0) is 26.4. The summed E-state index contributed by atoms with van der Waals surface area (Å²) in [6.45, 7) is 1.64. The lowest BCUT2D eigenvalue weighted by molar-refractivity contribution is -0.127. The lowest BCUT2D eigenvalue weighted by atomic mass is 10.1.